The van der Waals surface area contributed by atoms with Crippen LogP contribution < -0.4 is 11.1 Å². The number of amides is 1. The molecule has 0 heterocycles. The number of nitrogens with one attached hydrogen (secondary N) is 1. The lowest BCUT2D eigenvalue weighted by molar-refractivity contribution is 0.0916. The zero-order valence-electron chi connectivity index (χ0n) is 10.4. The number of rotatable bonds is 4. The first-order valence-corrected chi connectivity index (χ1v) is 6.03. The van der Waals surface area contributed by atoms with Crippen molar-refractivity contribution in [3.8, 4) is 0 Å². The van der Waals surface area contributed by atoms with Crippen molar-refractivity contribution >= 4 is 11.6 Å². The maximum Gasteiger partial charge on any atom is 0.251 e. The van der Waals surface area contributed by atoms with E-state index in [-0.39, 0.29) is 12.5 Å². The summed E-state index contributed by atoms with van der Waals surface area (Å²) in [5.74, 6) is -0.233. The van der Waals surface area contributed by atoms with E-state index >= 15 is 0 Å². The van der Waals surface area contributed by atoms with E-state index < -0.39 is 6.04 Å². The number of aliphatic hydroxyl groups is 1. The van der Waals surface area contributed by atoms with E-state index in [0.717, 1.165) is 5.56 Å². The second-order valence-corrected chi connectivity index (χ2v) is 4.24. The summed E-state index contributed by atoms with van der Waals surface area (Å²) in [6, 6.07) is 15.6. The number of carbonyl (C=O) groups excluding carboxylic acids is 1. The van der Waals surface area contributed by atoms with Gasteiger partial charge in [-0.2, -0.15) is 0 Å². The molecule has 2 aromatic carbocycles. The Hall–Kier alpha value is -2.33. The van der Waals surface area contributed by atoms with Gasteiger partial charge in [0.2, 0.25) is 0 Å². The fourth-order valence-corrected chi connectivity index (χ4v) is 1.80. The van der Waals surface area contributed by atoms with Gasteiger partial charge in [0.1, 0.15) is 0 Å². The molecule has 1 atom stereocenters. The Balaban J connectivity index is 2.10. The lowest BCUT2D eigenvalue weighted by atomic mass is 10.1. The van der Waals surface area contributed by atoms with Crippen LogP contribution in [0.15, 0.2) is 54.6 Å². The van der Waals surface area contributed by atoms with Crippen LogP contribution in [0.3, 0.4) is 0 Å². The minimum absolute atomic E-state index is 0.148. The summed E-state index contributed by atoms with van der Waals surface area (Å²) in [4.78, 5) is 12.0. The van der Waals surface area contributed by atoms with Gasteiger partial charge in [0.15, 0.2) is 0 Å². The molecule has 0 radical (unpaired) electrons. The van der Waals surface area contributed by atoms with Crippen molar-refractivity contribution in [2.24, 2.45) is 0 Å². The fraction of sp³-hybridized carbons (Fsp3) is 0.133. The molecule has 0 aliphatic rings. The van der Waals surface area contributed by atoms with Crippen LogP contribution in [-0.2, 0) is 0 Å². The fourth-order valence-electron chi connectivity index (χ4n) is 1.80. The Labute approximate surface area is 111 Å². The molecule has 0 unspecified atom stereocenters. The molecular weight excluding hydrogens is 240 g/mol. The van der Waals surface area contributed by atoms with E-state index in [1.165, 1.54) is 0 Å². The van der Waals surface area contributed by atoms with Crippen LogP contribution in [0.25, 0.3) is 0 Å². The number of hydrogen-bond acceptors (Lipinski definition) is 3. The lowest BCUT2D eigenvalue weighted by Crippen LogP contribution is -2.30. The molecule has 0 fully saturated rings. The van der Waals surface area contributed by atoms with Gasteiger partial charge >= 0.3 is 0 Å². The Kier molecular flexibility index (Phi) is 4.15. The third-order valence-corrected chi connectivity index (χ3v) is 2.86. The molecule has 4 N–H and O–H groups in total. The van der Waals surface area contributed by atoms with E-state index in [1.54, 1.807) is 24.3 Å². The first kappa shape index (κ1) is 13.1. The first-order valence-electron chi connectivity index (χ1n) is 6.03. The third-order valence-electron chi connectivity index (χ3n) is 2.86. The highest BCUT2D eigenvalue weighted by Crippen LogP contribution is 2.13. The smallest absolute Gasteiger partial charge is 0.251 e. The maximum atomic E-state index is 12.0. The zero-order chi connectivity index (χ0) is 13.7. The van der Waals surface area contributed by atoms with Gasteiger partial charge in [0.25, 0.3) is 5.91 Å². The van der Waals surface area contributed by atoms with Gasteiger partial charge in [-0.25, -0.2) is 0 Å². The Morgan fingerprint density at radius 1 is 1.11 bits per heavy atom. The molecule has 0 spiro atoms. The minimum atomic E-state index is -0.411. The average molecular weight is 256 g/mol. The molecule has 19 heavy (non-hydrogen) atoms. The van der Waals surface area contributed by atoms with Gasteiger partial charge in [-0.15, -0.1) is 0 Å². The SMILES string of the molecule is Nc1ccc(C(=O)N[C@H](CO)c2ccccc2)cc1. The monoisotopic (exact) mass is 256 g/mol. The van der Waals surface area contributed by atoms with Gasteiger partial charge in [0, 0.05) is 11.3 Å². The summed E-state index contributed by atoms with van der Waals surface area (Å²) in [6.07, 6.45) is 0. The number of benzene rings is 2. The Morgan fingerprint density at radius 2 is 1.74 bits per heavy atom. The van der Waals surface area contributed by atoms with Crippen LogP contribution in [0, 0.1) is 0 Å². The van der Waals surface area contributed by atoms with Crippen LogP contribution in [0.2, 0.25) is 0 Å². The van der Waals surface area contributed by atoms with Crippen molar-refractivity contribution in [1.29, 1.82) is 0 Å². The van der Waals surface area contributed by atoms with E-state index in [4.69, 9.17) is 5.73 Å². The second-order valence-electron chi connectivity index (χ2n) is 4.24. The van der Waals surface area contributed by atoms with Crippen LogP contribution >= 0.6 is 0 Å². The molecule has 98 valence electrons. The van der Waals surface area contributed by atoms with Gasteiger partial charge in [-0.1, -0.05) is 30.3 Å². The Morgan fingerprint density at radius 3 is 2.32 bits per heavy atom. The average Bonchev–Trinajstić information content (AvgIpc) is 2.46. The van der Waals surface area contributed by atoms with E-state index in [0.29, 0.717) is 11.3 Å². The quantitative estimate of drug-likeness (QED) is 0.729. The molecular formula is C15H16N2O2. The number of nitrogens with two attached hydrogens (primary N) is 1. The summed E-state index contributed by atoms with van der Waals surface area (Å²) in [5, 5.41) is 12.2. The molecule has 0 aromatic heterocycles. The van der Waals surface area contributed by atoms with Gasteiger partial charge < -0.3 is 16.2 Å². The molecule has 0 bridgehead atoms. The summed E-state index contributed by atoms with van der Waals surface area (Å²) in [7, 11) is 0. The van der Waals surface area contributed by atoms with Crippen LogP contribution in [0.1, 0.15) is 22.0 Å². The standard InChI is InChI=1S/C15H16N2O2/c16-13-8-6-12(7-9-13)15(19)17-14(10-18)11-4-2-1-3-5-11/h1-9,14,18H,10,16H2,(H,17,19)/t14-/m1/s1. The third kappa shape index (κ3) is 3.33. The first-order chi connectivity index (χ1) is 9.20. The molecule has 0 aliphatic carbocycles. The van der Waals surface area contributed by atoms with Crippen LogP contribution in [-0.4, -0.2) is 17.6 Å². The number of hydrogen-bond donors (Lipinski definition) is 3. The predicted octanol–water partition coefficient (Wildman–Crippen LogP) is 1.73. The topological polar surface area (TPSA) is 75.4 Å². The normalized spacial score (nSPS) is 11.8. The van der Waals surface area contributed by atoms with Crippen molar-refractivity contribution < 1.29 is 9.90 Å². The van der Waals surface area contributed by atoms with Gasteiger partial charge in [-0.3, -0.25) is 4.79 Å². The van der Waals surface area contributed by atoms with Crippen molar-refractivity contribution in [3.05, 3.63) is 65.7 Å². The maximum absolute atomic E-state index is 12.0. The number of nitrogen functional groups attached to an aromatic ring is 1. The molecule has 2 aromatic rings. The number of anilines is 1. The largest absolute Gasteiger partial charge is 0.399 e. The zero-order valence-corrected chi connectivity index (χ0v) is 10.4. The van der Waals surface area contributed by atoms with Crippen molar-refractivity contribution in [1.82, 2.24) is 5.32 Å². The highest BCUT2D eigenvalue weighted by atomic mass is 16.3. The number of aliphatic hydroxyl groups excluding tert-OH is 1. The highest BCUT2D eigenvalue weighted by Gasteiger charge is 2.14. The lowest BCUT2D eigenvalue weighted by Gasteiger charge is -2.16. The second kappa shape index (κ2) is 6.02. The van der Waals surface area contributed by atoms with E-state index in [9.17, 15) is 9.90 Å². The van der Waals surface area contributed by atoms with Crippen LogP contribution in [0.4, 0.5) is 5.69 Å². The summed E-state index contributed by atoms with van der Waals surface area (Å²) < 4.78 is 0. The summed E-state index contributed by atoms with van der Waals surface area (Å²) in [5.41, 5.74) is 7.57. The molecule has 2 rings (SSSR count). The van der Waals surface area contributed by atoms with Crippen molar-refractivity contribution in [2.45, 2.75) is 6.04 Å². The molecule has 1 amide bonds. The molecule has 4 nitrogen and oxygen atoms in total. The van der Waals surface area contributed by atoms with Gasteiger partial charge in [0.05, 0.1) is 12.6 Å². The highest BCUT2D eigenvalue weighted by molar-refractivity contribution is 5.94. The Bertz CT molecular complexity index is 538. The van der Waals surface area contributed by atoms with Crippen molar-refractivity contribution in [2.75, 3.05) is 12.3 Å². The molecule has 0 aliphatic heterocycles. The number of carbonyl (C=O) groups is 1. The van der Waals surface area contributed by atoms with Gasteiger partial charge in [-0.05, 0) is 29.8 Å². The van der Waals surface area contributed by atoms with Crippen molar-refractivity contribution in [3.63, 3.8) is 0 Å². The van der Waals surface area contributed by atoms with E-state index in [2.05, 4.69) is 5.32 Å². The minimum Gasteiger partial charge on any atom is -0.399 e. The molecule has 4 heteroatoms. The van der Waals surface area contributed by atoms with Crippen LogP contribution in [0.5, 0.6) is 0 Å². The molecule has 0 saturated carbocycles. The summed E-state index contributed by atoms with van der Waals surface area (Å²) >= 11 is 0. The summed E-state index contributed by atoms with van der Waals surface area (Å²) in [6.45, 7) is -0.148. The predicted molar refractivity (Wildman–Crippen MR) is 74.6 cm³/mol. The molecule has 0 saturated heterocycles. The van der Waals surface area contributed by atoms with E-state index in [1.807, 2.05) is 30.3 Å².